The summed E-state index contributed by atoms with van der Waals surface area (Å²) in [5, 5.41) is 5.74. The summed E-state index contributed by atoms with van der Waals surface area (Å²) in [6.07, 6.45) is 4.14. The Morgan fingerprint density at radius 1 is 1.06 bits per heavy atom. The number of hydrogen-bond donors (Lipinski definition) is 0. The zero-order chi connectivity index (χ0) is 23.4. The summed E-state index contributed by atoms with van der Waals surface area (Å²) in [4.78, 5) is 28.2. The molecule has 0 bridgehead atoms. The molecule has 1 fully saturated rings. The van der Waals surface area contributed by atoms with Crippen LogP contribution in [-0.2, 0) is 13.0 Å². The topological polar surface area (TPSA) is 64.4 Å². The number of fused-ring (bicyclic) bond motifs is 1. The molecular formula is C27H33N3O3. The van der Waals surface area contributed by atoms with Crippen LogP contribution in [0.15, 0.2) is 53.3 Å². The molecule has 6 heteroatoms. The van der Waals surface area contributed by atoms with Crippen molar-refractivity contribution in [1.82, 2.24) is 14.7 Å². The van der Waals surface area contributed by atoms with Gasteiger partial charge >= 0.3 is 0 Å². The molecule has 0 N–H and O–H groups in total. The van der Waals surface area contributed by atoms with Gasteiger partial charge in [-0.1, -0.05) is 44.2 Å². The third-order valence-corrected chi connectivity index (χ3v) is 6.51. The van der Waals surface area contributed by atoms with Crippen molar-refractivity contribution in [2.75, 3.05) is 20.2 Å². The minimum absolute atomic E-state index is 0.0719. The predicted molar refractivity (Wildman–Crippen MR) is 131 cm³/mol. The predicted octanol–water partition coefficient (Wildman–Crippen LogP) is 4.55. The number of hydrogen-bond acceptors (Lipinski definition) is 4. The molecule has 0 radical (unpaired) electrons. The molecule has 1 aromatic heterocycles. The van der Waals surface area contributed by atoms with Crippen molar-refractivity contribution in [3.05, 3.63) is 70.1 Å². The van der Waals surface area contributed by atoms with E-state index in [0.29, 0.717) is 28.9 Å². The van der Waals surface area contributed by atoms with Gasteiger partial charge in [-0.25, -0.2) is 4.68 Å². The average molecular weight is 448 g/mol. The van der Waals surface area contributed by atoms with Crippen LogP contribution in [-0.4, -0.2) is 40.8 Å². The second kappa shape index (κ2) is 10.2. The molecule has 4 rings (SSSR count). The minimum Gasteiger partial charge on any atom is -0.497 e. The van der Waals surface area contributed by atoms with Gasteiger partial charge in [0.25, 0.3) is 11.5 Å². The number of aromatic nitrogens is 2. The van der Waals surface area contributed by atoms with Crippen molar-refractivity contribution in [3.8, 4) is 5.75 Å². The fourth-order valence-corrected chi connectivity index (χ4v) is 4.60. The maximum Gasteiger partial charge on any atom is 0.274 e. The van der Waals surface area contributed by atoms with E-state index in [9.17, 15) is 9.59 Å². The SMILES string of the molecule is COc1ccc(CCC2CCN(C(=O)c3nn(CC(C)C)c(=O)c4ccccc34)CC2)cc1. The van der Waals surface area contributed by atoms with E-state index in [1.165, 1.54) is 10.2 Å². The lowest BCUT2D eigenvalue weighted by Gasteiger charge is -2.32. The van der Waals surface area contributed by atoms with E-state index in [2.05, 4.69) is 17.2 Å². The highest BCUT2D eigenvalue weighted by Gasteiger charge is 2.26. The molecule has 1 aliphatic heterocycles. The van der Waals surface area contributed by atoms with Gasteiger partial charge in [0.05, 0.1) is 12.5 Å². The Hall–Kier alpha value is -3.15. The summed E-state index contributed by atoms with van der Waals surface area (Å²) in [7, 11) is 1.68. The highest BCUT2D eigenvalue weighted by molar-refractivity contribution is 6.04. The molecule has 0 spiro atoms. The number of aryl methyl sites for hydroxylation is 1. The Kier molecular flexibility index (Phi) is 7.11. The summed E-state index contributed by atoms with van der Waals surface area (Å²) >= 11 is 0. The number of rotatable bonds is 7. The van der Waals surface area contributed by atoms with E-state index in [4.69, 9.17) is 4.74 Å². The molecule has 0 aliphatic carbocycles. The summed E-state index contributed by atoms with van der Waals surface area (Å²) < 4.78 is 6.69. The lowest BCUT2D eigenvalue weighted by molar-refractivity contribution is 0.0680. The first-order chi connectivity index (χ1) is 16.0. The normalized spacial score (nSPS) is 14.7. The maximum atomic E-state index is 13.4. The number of amides is 1. The van der Waals surface area contributed by atoms with Crippen molar-refractivity contribution in [1.29, 1.82) is 0 Å². The zero-order valence-corrected chi connectivity index (χ0v) is 19.8. The van der Waals surface area contributed by atoms with Crippen molar-refractivity contribution in [2.24, 2.45) is 11.8 Å². The van der Waals surface area contributed by atoms with Crippen molar-refractivity contribution < 1.29 is 9.53 Å². The van der Waals surface area contributed by atoms with Crippen molar-refractivity contribution >= 4 is 16.7 Å². The van der Waals surface area contributed by atoms with Crippen LogP contribution in [0.2, 0.25) is 0 Å². The Morgan fingerprint density at radius 3 is 2.36 bits per heavy atom. The van der Waals surface area contributed by atoms with Gasteiger partial charge in [-0.2, -0.15) is 5.10 Å². The van der Waals surface area contributed by atoms with Crippen LogP contribution >= 0.6 is 0 Å². The highest BCUT2D eigenvalue weighted by Crippen LogP contribution is 2.25. The Labute approximate surface area is 195 Å². The standard InChI is InChI=1S/C27H33N3O3/c1-19(2)18-30-26(31)24-7-5-4-6-23(24)25(28-30)27(32)29-16-14-21(15-17-29)9-8-20-10-12-22(33-3)13-11-20/h4-7,10-13,19,21H,8-9,14-18H2,1-3H3. The maximum absolute atomic E-state index is 13.4. The van der Waals surface area contributed by atoms with E-state index < -0.39 is 0 Å². The molecule has 0 atom stereocenters. The second-order valence-electron chi connectivity index (χ2n) is 9.40. The van der Waals surface area contributed by atoms with Crippen molar-refractivity contribution in [3.63, 3.8) is 0 Å². The molecule has 6 nitrogen and oxygen atoms in total. The van der Waals surface area contributed by atoms with Gasteiger partial charge < -0.3 is 9.64 Å². The molecule has 33 heavy (non-hydrogen) atoms. The van der Waals surface area contributed by atoms with Gasteiger partial charge in [-0.3, -0.25) is 9.59 Å². The number of carbonyl (C=O) groups is 1. The van der Waals surface area contributed by atoms with Gasteiger partial charge in [0.2, 0.25) is 0 Å². The van der Waals surface area contributed by atoms with E-state index in [0.717, 1.165) is 44.5 Å². The summed E-state index contributed by atoms with van der Waals surface area (Å²) in [5.74, 6) is 1.68. The van der Waals surface area contributed by atoms with Gasteiger partial charge in [0.15, 0.2) is 5.69 Å². The lowest BCUT2D eigenvalue weighted by atomic mass is 9.90. The molecule has 0 unspecified atom stereocenters. The van der Waals surface area contributed by atoms with E-state index in [-0.39, 0.29) is 17.4 Å². The zero-order valence-electron chi connectivity index (χ0n) is 19.8. The molecule has 2 aromatic carbocycles. The molecule has 1 aliphatic rings. The van der Waals surface area contributed by atoms with Crippen LogP contribution in [0.3, 0.4) is 0 Å². The number of methoxy groups -OCH3 is 1. The first kappa shape index (κ1) is 23.0. The van der Waals surface area contributed by atoms with Crippen LogP contribution in [0.4, 0.5) is 0 Å². The van der Waals surface area contributed by atoms with Gasteiger partial charge in [0, 0.05) is 25.0 Å². The van der Waals surface area contributed by atoms with Gasteiger partial charge in [0.1, 0.15) is 5.75 Å². The number of benzene rings is 2. The third-order valence-electron chi connectivity index (χ3n) is 6.51. The smallest absolute Gasteiger partial charge is 0.274 e. The fraction of sp³-hybridized carbons (Fsp3) is 0.444. The molecule has 0 saturated carbocycles. The molecule has 3 aromatic rings. The first-order valence-corrected chi connectivity index (χ1v) is 11.9. The van der Waals surface area contributed by atoms with Crippen LogP contribution < -0.4 is 10.3 Å². The summed E-state index contributed by atoms with van der Waals surface area (Å²) in [6.45, 7) is 6.04. The molecule has 174 valence electrons. The highest BCUT2D eigenvalue weighted by atomic mass is 16.5. The van der Waals surface area contributed by atoms with Crippen molar-refractivity contribution in [2.45, 2.75) is 46.1 Å². The second-order valence-corrected chi connectivity index (χ2v) is 9.40. The Bertz CT molecular complexity index is 1160. The van der Waals surface area contributed by atoms with Gasteiger partial charge in [-0.05, 0) is 61.3 Å². The Balaban J connectivity index is 1.44. The quantitative estimate of drug-likeness (QED) is 0.533. The molecule has 2 heterocycles. The third kappa shape index (κ3) is 5.27. The molecule has 1 amide bonds. The number of nitrogens with zero attached hydrogens (tertiary/aromatic N) is 3. The number of piperidine rings is 1. The van der Waals surface area contributed by atoms with E-state index >= 15 is 0 Å². The largest absolute Gasteiger partial charge is 0.497 e. The summed E-state index contributed by atoms with van der Waals surface area (Å²) in [6, 6.07) is 15.6. The first-order valence-electron chi connectivity index (χ1n) is 11.9. The van der Waals surface area contributed by atoms with Gasteiger partial charge in [-0.15, -0.1) is 0 Å². The molecular weight excluding hydrogens is 414 g/mol. The van der Waals surface area contributed by atoms with Crippen LogP contribution in [0, 0.1) is 11.8 Å². The van der Waals surface area contributed by atoms with Crippen LogP contribution in [0.1, 0.15) is 49.2 Å². The Morgan fingerprint density at radius 2 is 1.73 bits per heavy atom. The average Bonchev–Trinajstić information content (AvgIpc) is 2.84. The lowest BCUT2D eigenvalue weighted by Crippen LogP contribution is -2.40. The fourth-order valence-electron chi connectivity index (χ4n) is 4.60. The minimum atomic E-state index is -0.131. The van der Waals surface area contributed by atoms with Crippen LogP contribution in [0.5, 0.6) is 5.75 Å². The number of carbonyl (C=O) groups excluding carboxylic acids is 1. The number of ether oxygens (including phenoxy) is 1. The molecule has 1 saturated heterocycles. The van der Waals surface area contributed by atoms with Crippen LogP contribution in [0.25, 0.3) is 10.8 Å². The number of likely N-dealkylation sites (tertiary alicyclic amines) is 1. The van der Waals surface area contributed by atoms with E-state index in [1.807, 2.05) is 49.1 Å². The monoisotopic (exact) mass is 447 g/mol. The summed E-state index contributed by atoms with van der Waals surface area (Å²) in [5.41, 5.74) is 1.58. The van der Waals surface area contributed by atoms with E-state index in [1.54, 1.807) is 13.2 Å².